The Labute approximate surface area is 147 Å². The molecule has 0 saturated carbocycles. The lowest BCUT2D eigenvalue weighted by Crippen LogP contribution is -2.20. The van der Waals surface area contributed by atoms with E-state index >= 15 is 0 Å². The largest absolute Gasteiger partial charge is 0.303 e. The molecule has 1 aliphatic carbocycles. The highest BCUT2D eigenvalue weighted by atomic mass is 19.1. The zero-order valence-corrected chi connectivity index (χ0v) is 13.8. The Hall–Kier alpha value is -3.29. The highest BCUT2D eigenvalue weighted by Gasteiger charge is 2.23. The molecule has 7 nitrogen and oxygen atoms in total. The lowest BCUT2D eigenvalue weighted by Gasteiger charge is -2.06. The van der Waals surface area contributed by atoms with Crippen molar-refractivity contribution >= 4 is 5.69 Å². The number of nitro groups is 1. The van der Waals surface area contributed by atoms with E-state index in [1.54, 1.807) is 16.8 Å². The minimum absolute atomic E-state index is 0.140. The van der Waals surface area contributed by atoms with E-state index < -0.39 is 4.92 Å². The molecule has 132 valence electrons. The maximum atomic E-state index is 13.2. The van der Waals surface area contributed by atoms with E-state index in [4.69, 9.17) is 0 Å². The van der Waals surface area contributed by atoms with Crippen LogP contribution in [0.5, 0.6) is 0 Å². The van der Waals surface area contributed by atoms with Gasteiger partial charge in [-0.1, -0.05) is 0 Å². The summed E-state index contributed by atoms with van der Waals surface area (Å²) < 4.78 is 16.3. The molecule has 0 atom stereocenters. The van der Waals surface area contributed by atoms with Crippen LogP contribution in [0.4, 0.5) is 10.1 Å². The number of hydrogen-bond acceptors (Lipinski definition) is 4. The van der Waals surface area contributed by atoms with Crippen molar-refractivity contribution in [2.75, 3.05) is 0 Å². The van der Waals surface area contributed by atoms with E-state index in [1.165, 1.54) is 35.0 Å². The Morgan fingerprint density at radius 1 is 1.15 bits per heavy atom. The number of benzene rings is 1. The Morgan fingerprint density at radius 3 is 2.65 bits per heavy atom. The van der Waals surface area contributed by atoms with Gasteiger partial charge in [0, 0.05) is 17.8 Å². The average Bonchev–Trinajstić information content (AvgIpc) is 3.21. The molecular weight excluding hydrogens is 339 g/mol. The number of nitrogens with zero attached hydrogens (tertiary/aromatic N) is 4. The Morgan fingerprint density at radius 2 is 1.92 bits per heavy atom. The first-order valence-electron chi connectivity index (χ1n) is 8.23. The summed E-state index contributed by atoms with van der Waals surface area (Å²) in [6, 6.07) is 8.45. The molecule has 0 N–H and O–H groups in total. The third kappa shape index (κ3) is 2.79. The summed E-state index contributed by atoms with van der Waals surface area (Å²) >= 11 is 0. The molecule has 0 bridgehead atoms. The maximum absolute atomic E-state index is 13.2. The second kappa shape index (κ2) is 6.21. The lowest BCUT2D eigenvalue weighted by molar-refractivity contribution is -0.385. The summed E-state index contributed by atoms with van der Waals surface area (Å²) in [5, 5.41) is 15.6. The fourth-order valence-corrected chi connectivity index (χ4v) is 3.35. The number of aromatic nitrogens is 3. The summed E-state index contributed by atoms with van der Waals surface area (Å²) in [6.45, 7) is 0.164. The maximum Gasteiger partial charge on any atom is 0.285 e. The standard InChI is InChI=1S/C18H15FN4O3/c19-12-4-6-13(7-5-12)22-17-3-1-2-15(17)16(20-22)11-21-10-14(23(25)26)8-9-18(21)24/h4-10H,1-3,11H2. The summed E-state index contributed by atoms with van der Waals surface area (Å²) in [7, 11) is 0. The zero-order chi connectivity index (χ0) is 18.3. The molecule has 26 heavy (non-hydrogen) atoms. The number of hydrogen-bond donors (Lipinski definition) is 0. The van der Waals surface area contributed by atoms with Crippen LogP contribution in [-0.4, -0.2) is 19.3 Å². The molecule has 1 aromatic carbocycles. The Bertz CT molecular complexity index is 1050. The van der Waals surface area contributed by atoms with Gasteiger partial charge in [-0.3, -0.25) is 14.9 Å². The van der Waals surface area contributed by atoms with Crippen LogP contribution in [0.2, 0.25) is 0 Å². The number of fused-ring (bicyclic) bond motifs is 1. The highest BCUT2D eigenvalue weighted by Crippen LogP contribution is 2.28. The Balaban J connectivity index is 1.76. The van der Waals surface area contributed by atoms with Gasteiger partial charge in [-0.05, 0) is 49.1 Å². The van der Waals surface area contributed by atoms with Crippen LogP contribution in [0.15, 0.2) is 47.4 Å². The first-order chi connectivity index (χ1) is 12.5. The van der Waals surface area contributed by atoms with Crippen LogP contribution < -0.4 is 5.56 Å². The molecule has 0 fully saturated rings. The van der Waals surface area contributed by atoms with Crippen molar-refractivity contribution in [3.05, 3.63) is 85.8 Å². The van der Waals surface area contributed by atoms with Crippen molar-refractivity contribution in [2.24, 2.45) is 0 Å². The fraction of sp³-hybridized carbons (Fsp3) is 0.222. The number of pyridine rings is 1. The third-order valence-corrected chi connectivity index (χ3v) is 4.58. The van der Waals surface area contributed by atoms with Gasteiger partial charge < -0.3 is 4.57 Å². The predicted octanol–water partition coefficient (Wildman–Crippen LogP) is 2.62. The average molecular weight is 354 g/mol. The van der Waals surface area contributed by atoms with Crippen molar-refractivity contribution in [2.45, 2.75) is 25.8 Å². The summed E-state index contributed by atoms with van der Waals surface area (Å²) in [4.78, 5) is 22.5. The molecule has 2 aromatic heterocycles. The van der Waals surface area contributed by atoms with Gasteiger partial charge >= 0.3 is 0 Å². The topological polar surface area (TPSA) is 83.0 Å². The molecule has 0 radical (unpaired) electrons. The van der Waals surface area contributed by atoms with Crippen LogP contribution >= 0.6 is 0 Å². The van der Waals surface area contributed by atoms with Crippen molar-refractivity contribution in [3.63, 3.8) is 0 Å². The fourth-order valence-electron chi connectivity index (χ4n) is 3.35. The summed E-state index contributed by atoms with van der Waals surface area (Å²) in [5.41, 5.74) is 3.11. The van der Waals surface area contributed by atoms with E-state index in [0.717, 1.165) is 36.2 Å². The van der Waals surface area contributed by atoms with E-state index in [0.29, 0.717) is 5.69 Å². The molecular formula is C18H15FN4O3. The SMILES string of the molecule is O=c1ccc([N+](=O)[O-])cn1Cc1nn(-c2ccc(F)cc2)c2c1CCC2. The van der Waals surface area contributed by atoms with E-state index in [-0.39, 0.29) is 23.6 Å². The van der Waals surface area contributed by atoms with Crippen LogP contribution in [0.3, 0.4) is 0 Å². The van der Waals surface area contributed by atoms with Gasteiger partial charge in [-0.25, -0.2) is 9.07 Å². The van der Waals surface area contributed by atoms with Gasteiger partial charge in [0.25, 0.3) is 11.2 Å². The minimum Gasteiger partial charge on any atom is -0.303 e. The van der Waals surface area contributed by atoms with Crippen molar-refractivity contribution in [1.82, 2.24) is 14.3 Å². The molecule has 0 aliphatic heterocycles. The summed E-state index contributed by atoms with van der Waals surface area (Å²) in [5.74, 6) is -0.319. The van der Waals surface area contributed by atoms with Gasteiger partial charge in [0.15, 0.2) is 0 Å². The van der Waals surface area contributed by atoms with Gasteiger partial charge in [0.1, 0.15) is 5.82 Å². The van der Waals surface area contributed by atoms with Crippen LogP contribution in [0.25, 0.3) is 5.69 Å². The van der Waals surface area contributed by atoms with E-state index in [2.05, 4.69) is 5.10 Å². The smallest absolute Gasteiger partial charge is 0.285 e. The van der Waals surface area contributed by atoms with Crippen molar-refractivity contribution in [1.29, 1.82) is 0 Å². The van der Waals surface area contributed by atoms with Gasteiger partial charge in [-0.15, -0.1) is 0 Å². The lowest BCUT2D eigenvalue weighted by atomic mass is 10.2. The molecule has 8 heteroatoms. The molecule has 0 saturated heterocycles. The van der Waals surface area contributed by atoms with Crippen molar-refractivity contribution in [3.8, 4) is 5.69 Å². The van der Waals surface area contributed by atoms with E-state index in [1.807, 2.05) is 0 Å². The van der Waals surface area contributed by atoms with E-state index in [9.17, 15) is 19.3 Å². The first kappa shape index (κ1) is 16.2. The molecule has 3 aromatic rings. The Kier molecular flexibility index (Phi) is 3.87. The minimum atomic E-state index is -0.530. The predicted molar refractivity (Wildman–Crippen MR) is 92.0 cm³/mol. The second-order valence-electron chi connectivity index (χ2n) is 6.22. The normalized spacial score (nSPS) is 13.0. The first-order valence-corrected chi connectivity index (χ1v) is 8.23. The van der Waals surface area contributed by atoms with Crippen molar-refractivity contribution < 1.29 is 9.31 Å². The van der Waals surface area contributed by atoms with Gasteiger partial charge in [0.2, 0.25) is 0 Å². The quantitative estimate of drug-likeness (QED) is 0.533. The monoisotopic (exact) mass is 354 g/mol. The summed E-state index contributed by atoms with van der Waals surface area (Å²) in [6.07, 6.45) is 3.91. The molecule has 0 spiro atoms. The van der Waals surface area contributed by atoms with Crippen LogP contribution in [-0.2, 0) is 19.4 Å². The second-order valence-corrected chi connectivity index (χ2v) is 6.22. The molecule has 0 amide bonds. The van der Waals surface area contributed by atoms with Crippen LogP contribution in [0, 0.1) is 15.9 Å². The molecule has 4 rings (SSSR count). The van der Waals surface area contributed by atoms with Gasteiger partial charge in [-0.2, -0.15) is 5.10 Å². The molecule has 2 heterocycles. The highest BCUT2D eigenvalue weighted by molar-refractivity contribution is 5.40. The number of rotatable bonds is 4. The molecule has 1 aliphatic rings. The zero-order valence-electron chi connectivity index (χ0n) is 13.8. The number of halogens is 1. The van der Waals surface area contributed by atoms with Crippen LogP contribution in [0.1, 0.15) is 23.4 Å². The molecule has 0 unspecified atom stereocenters. The third-order valence-electron chi connectivity index (χ3n) is 4.58. The van der Waals surface area contributed by atoms with Gasteiger partial charge in [0.05, 0.1) is 29.0 Å².